The van der Waals surface area contributed by atoms with Crippen LogP contribution in [0.5, 0.6) is 0 Å². The zero-order chi connectivity index (χ0) is 11.7. The molecular weight excluding hydrogens is 210 g/mol. The van der Waals surface area contributed by atoms with E-state index in [0.717, 1.165) is 5.39 Å². The molecule has 2 aromatic rings. The van der Waals surface area contributed by atoms with Crippen molar-refractivity contribution in [3.63, 3.8) is 0 Å². The molecule has 0 saturated carbocycles. The number of nitrogens with one attached hydrogen (secondary N) is 2. The van der Waals surface area contributed by atoms with E-state index in [4.69, 9.17) is 5.11 Å². The van der Waals surface area contributed by atoms with Gasteiger partial charge < -0.3 is 10.4 Å². The molecule has 1 aromatic carbocycles. The number of rotatable bonds is 2. The number of anilines is 1. The average Bonchev–Trinajstić information content (AvgIpc) is 2.62. The summed E-state index contributed by atoms with van der Waals surface area (Å²) >= 11 is 0. The number of benzene rings is 1. The normalized spacial score (nSPS) is 10.3. The van der Waals surface area contributed by atoms with Gasteiger partial charge in [-0.1, -0.05) is 0 Å². The van der Waals surface area contributed by atoms with E-state index in [1.165, 1.54) is 13.0 Å². The van der Waals surface area contributed by atoms with Crippen LogP contribution in [-0.4, -0.2) is 27.2 Å². The largest absolute Gasteiger partial charge is 0.478 e. The maximum absolute atomic E-state index is 11.0. The van der Waals surface area contributed by atoms with Crippen LogP contribution in [0.3, 0.4) is 0 Å². The fraction of sp³-hybridized carbons (Fsp3) is 0.100. The SMILES string of the molecule is CC(=O)Nc1cc2cn[nH]c2cc1C(=O)O. The Bertz CT molecular complexity index is 574. The number of aromatic amines is 1. The van der Waals surface area contributed by atoms with Gasteiger partial charge in [-0.2, -0.15) is 5.10 Å². The van der Waals surface area contributed by atoms with Crippen molar-refractivity contribution in [2.24, 2.45) is 0 Å². The van der Waals surface area contributed by atoms with Crippen LogP contribution in [0.4, 0.5) is 5.69 Å². The Hall–Kier alpha value is -2.37. The van der Waals surface area contributed by atoms with Crippen LogP contribution in [0.25, 0.3) is 10.9 Å². The molecular formula is C10H9N3O3. The molecule has 82 valence electrons. The number of amides is 1. The van der Waals surface area contributed by atoms with Crippen molar-refractivity contribution in [3.05, 3.63) is 23.9 Å². The Kier molecular flexibility index (Phi) is 2.32. The number of nitrogens with zero attached hydrogens (tertiary/aromatic N) is 1. The molecule has 1 amide bonds. The topological polar surface area (TPSA) is 95.1 Å². The number of aromatic carboxylic acids is 1. The number of aromatic nitrogens is 2. The van der Waals surface area contributed by atoms with Gasteiger partial charge in [-0.05, 0) is 12.1 Å². The molecule has 0 unspecified atom stereocenters. The lowest BCUT2D eigenvalue weighted by Crippen LogP contribution is -2.10. The summed E-state index contributed by atoms with van der Waals surface area (Å²) in [6.45, 7) is 1.32. The first kappa shape index (κ1) is 10.2. The van der Waals surface area contributed by atoms with E-state index in [0.29, 0.717) is 5.52 Å². The molecule has 3 N–H and O–H groups in total. The van der Waals surface area contributed by atoms with Gasteiger partial charge in [0, 0.05) is 12.3 Å². The highest BCUT2D eigenvalue weighted by Crippen LogP contribution is 2.22. The maximum atomic E-state index is 11.0. The van der Waals surface area contributed by atoms with E-state index >= 15 is 0 Å². The second-order valence-corrected chi connectivity index (χ2v) is 3.34. The summed E-state index contributed by atoms with van der Waals surface area (Å²) in [5, 5.41) is 18.7. The third kappa shape index (κ3) is 1.72. The first-order valence-electron chi connectivity index (χ1n) is 4.56. The average molecular weight is 219 g/mol. The Morgan fingerprint density at radius 2 is 2.19 bits per heavy atom. The van der Waals surface area contributed by atoms with Crippen LogP contribution in [0.1, 0.15) is 17.3 Å². The molecule has 0 radical (unpaired) electrons. The summed E-state index contributed by atoms with van der Waals surface area (Å²) in [5.41, 5.74) is 0.923. The highest BCUT2D eigenvalue weighted by atomic mass is 16.4. The van der Waals surface area contributed by atoms with Crippen LogP contribution in [0, 0.1) is 0 Å². The molecule has 0 atom stereocenters. The van der Waals surface area contributed by atoms with Gasteiger partial charge >= 0.3 is 5.97 Å². The maximum Gasteiger partial charge on any atom is 0.337 e. The van der Waals surface area contributed by atoms with E-state index in [2.05, 4.69) is 15.5 Å². The molecule has 16 heavy (non-hydrogen) atoms. The minimum absolute atomic E-state index is 0.0342. The summed E-state index contributed by atoms with van der Waals surface area (Å²) in [6.07, 6.45) is 1.56. The molecule has 1 aromatic heterocycles. The van der Waals surface area contributed by atoms with E-state index in [1.54, 1.807) is 12.3 Å². The van der Waals surface area contributed by atoms with E-state index in [9.17, 15) is 9.59 Å². The number of hydrogen-bond acceptors (Lipinski definition) is 3. The lowest BCUT2D eigenvalue weighted by Gasteiger charge is -2.06. The smallest absolute Gasteiger partial charge is 0.337 e. The number of carbonyl (C=O) groups excluding carboxylic acids is 1. The Morgan fingerprint density at radius 3 is 2.81 bits per heavy atom. The molecule has 1 heterocycles. The standard InChI is InChI=1S/C10H9N3O3/c1-5(14)12-9-2-6-4-11-13-8(6)3-7(9)10(15)16/h2-4H,1H3,(H,11,13)(H,12,14)(H,15,16). The number of carboxylic acid groups (broad SMARTS) is 1. The van der Waals surface area contributed by atoms with E-state index in [-0.39, 0.29) is 17.2 Å². The van der Waals surface area contributed by atoms with Gasteiger partial charge in [0.2, 0.25) is 5.91 Å². The van der Waals surface area contributed by atoms with Crippen molar-refractivity contribution in [2.45, 2.75) is 6.92 Å². The van der Waals surface area contributed by atoms with Gasteiger partial charge in [0.25, 0.3) is 0 Å². The first-order chi connectivity index (χ1) is 7.58. The van der Waals surface area contributed by atoms with Crippen molar-refractivity contribution in [3.8, 4) is 0 Å². The van der Waals surface area contributed by atoms with Gasteiger partial charge in [-0.3, -0.25) is 9.89 Å². The zero-order valence-electron chi connectivity index (χ0n) is 8.44. The summed E-state index contributed by atoms with van der Waals surface area (Å²) in [4.78, 5) is 21.9. The number of fused-ring (bicyclic) bond motifs is 1. The summed E-state index contributed by atoms with van der Waals surface area (Å²) in [6, 6.07) is 3.01. The van der Waals surface area contributed by atoms with Gasteiger partial charge in [0.15, 0.2) is 0 Å². The predicted molar refractivity (Wildman–Crippen MR) is 57.4 cm³/mol. The minimum atomic E-state index is -1.10. The number of carboxylic acids is 1. The van der Waals surface area contributed by atoms with Crippen molar-refractivity contribution in [2.75, 3.05) is 5.32 Å². The van der Waals surface area contributed by atoms with Crippen molar-refractivity contribution in [1.29, 1.82) is 0 Å². The lowest BCUT2D eigenvalue weighted by atomic mass is 10.1. The number of carbonyl (C=O) groups is 2. The fourth-order valence-corrected chi connectivity index (χ4v) is 1.46. The van der Waals surface area contributed by atoms with Crippen molar-refractivity contribution >= 4 is 28.5 Å². The summed E-state index contributed by atoms with van der Waals surface area (Å²) in [5.74, 6) is -1.41. The van der Waals surface area contributed by atoms with Crippen LogP contribution in [0.2, 0.25) is 0 Å². The first-order valence-corrected chi connectivity index (χ1v) is 4.56. The molecule has 6 nitrogen and oxygen atoms in total. The second-order valence-electron chi connectivity index (χ2n) is 3.34. The van der Waals surface area contributed by atoms with Crippen LogP contribution in [0.15, 0.2) is 18.3 Å². The fourth-order valence-electron chi connectivity index (χ4n) is 1.46. The monoisotopic (exact) mass is 219 g/mol. The summed E-state index contributed by atoms with van der Waals surface area (Å²) in [7, 11) is 0. The molecule has 0 aliphatic carbocycles. The van der Waals surface area contributed by atoms with E-state index < -0.39 is 5.97 Å². The second kappa shape index (κ2) is 3.65. The van der Waals surface area contributed by atoms with Gasteiger partial charge in [-0.25, -0.2) is 4.79 Å². The van der Waals surface area contributed by atoms with Crippen molar-refractivity contribution < 1.29 is 14.7 Å². The van der Waals surface area contributed by atoms with Crippen LogP contribution >= 0.6 is 0 Å². The van der Waals surface area contributed by atoms with Crippen molar-refractivity contribution in [1.82, 2.24) is 10.2 Å². The van der Waals surface area contributed by atoms with Gasteiger partial charge in [-0.15, -0.1) is 0 Å². The Morgan fingerprint density at radius 1 is 1.44 bits per heavy atom. The third-order valence-corrected chi connectivity index (χ3v) is 2.12. The molecule has 0 bridgehead atoms. The molecule has 0 aliphatic heterocycles. The number of hydrogen-bond donors (Lipinski definition) is 3. The quantitative estimate of drug-likeness (QED) is 0.707. The predicted octanol–water partition coefficient (Wildman–Crippen LogP) is 1.22. The molecule has 0 saturated heterocycles. The molecule has 2 rings (SSSR count). The third-order valence-electron chi connectivity index (χ3n) is 2.12. The molecule has 0 fully saturated rings. The zero-order valence-corrected chi connectivity index (χ0v) is 8.44. The number of H-pyrrole nitrogens is 1. The highest BCUT2D eigenvalue weighted by Gasteiger charge is 2.13. The lowest BCUT2D eigenvalue weighted by molar-refractivity contribution is -0.114. The highest BCUT2D eigenvalue weighted by molar-refractivity contribution is 6.04. The van der Waals surface area contributed by atoms with E-state index in [1.807, 2.05) is 0 Å². The summed E-state index contributed by atoms with van der Waals surface area (Å²) < 4.78 is 0. The van der Waals surface area contributed by atoms with Gasteiger partial charge in [0.1, 0.15) is 0 Å². The van der Waals surface area contributed by atoms with Gasteiger partial charge in [0.05, 0.1) is 23.0 Å². The van der Waals surface area contributed by atoms with Crippen LogP contribution < -0.4 is 5.32 Å². The Balaban J connectivity index is 2.62. The minimum Gasteiger partial charge on any atom is -0.478 e. The molecule has 0 aliphatic rings. The molecule has 0 spiro atoms. The molecule has 6 heteroatoms. The van der Waals surface area contributed by atoms with Crippen LogP contribution in [-0.2, 0) is 4.79 Å². The Labute approximate surface area is 90.3 Å².